The number of nitrogens with zero attached hydrogens (tertiary/aromatic N) is 5. The van der Waals surface area contributed by atoms with Gasteiger partial charge in [0.2, 0.25) is 0 Å². The Kier molecular flexibility index (Phi) is 5.80. The smallest absolute Gasteiger partial charge is 0.264 e. The summed E-state index contributed by atoms with van der Waals surface area (Å²) >= 11 is 0. The number of ether oxygens (including phenoxy) is 1. The molecule has 0 radical (unpaired) electrons. The van der Waals surface area contributed by atoms with E-state index < -0.39 is 0 Å². The van der Waals surface area contributed by atoms with Crippen LogP contribution < -0.4 is 5.56 Å². The monoisotopic (exact) mass is 433 g/mol. The summed E-state index contributed by atoms with van der Waals surface area (Å²) in [6.45, 7) is 9.06. The number of carbonyl (C=O) groups is 1. The van der Waals surface area contributed by atoms with Crippen molar-refractivity contribution in [1.29, 1.82) is 0 Å². The van der Waals surface area contributed by atoms with Crippen molar-refractivity contribution in [1.82, 2.24) is 23.9 Å². The van der Waals surface area contributed by atoms with E-state index in [1.807, 2.05) is 45.9 Å². The second-order valence-corrected chi connectivity index (χ2v) is 8.17. The third-order valence-corrected chi connectivity index (χ3v) is 5.71. The highest BCUT2D eigenvalue weighted by atomic mass is 16.5. The maximum atomic E-state index is 13.1. The topological polar surface area (TPSA) is 83.9 Å². The maximum Gasteiger partial charge on any atom is 0.264 e. The molecule has 0 N–H and O–H groups in total. The minimum absolute atomic E-state index is 0.0783. The molecular weight excluding hydrogens is 406 g/mol. The van der Waals surface area contributed by atoms with Gasteiger partial charge in [0.25, 0.3) is 5.56 Å². The van der Waals surface area contributed by atoms with Gasteiger partial charge in [-0.2, -0.15) is 5.10 Å². The van der Waals surface area contributed by atoms with Gasteiger partial charge in [-0.3, -0.25) is 14.2 Å². The van der Waals surface area contributed by atoms with E-state index >= 15 is 0 Å². The third-order valence-electron chi connectivity index (χ3n) is 5.71. The zero-order valence-electron chi connectivity index (χ0n) is 19.0. The molecule has 4 rings (SSSR count). The summed E-state index contributed by atoms with van der Waals surface area (Å²) in [5.41, 5.74) is 5.70. The fourth-order valence-corrected chi connectivity index (χ4v) is 4.17. The third kappa shape index (κ3) is 3.89. The molecule has 0 saturated heterocycles. The van der Waals surface area contributed by atoms with Crippen molar-refractivity contribution in [3.63, 3.8) is 0 Å². The zero-order chi connectivity index (χ0) is 23.0. The summed E-state index contributed by atoms with van der Waals surface area (Å²) in [6.07, 6.45) is 2.94. The van der Waals surface area contributed by atoms with E-state index in [9.17, 15) is 9.59 Å². The molecular formula is C24H27N5O3. The largest absolute Gasteiger partial charge is 0.383 e. The van der Waals surface area contributed by atoms with Gasteiger partial charge in [-0.1, -0.05) is 6.07 Å². The van der Waals surface area contributed by atoms with Crippen LogP contribution in [0.5, 0.6) is 0 Å². The molecule has 0 spiro atoms. The Balaban J connectivity index is 1.66. The molecule has 1 aromatic carbocycles. The number of aryl methyl sites for hydroxylation is 3. The lowest BCUT2D eigenvalue weighted by Crippen LogP contribution is -2.25. The van der Waals surface area contributed by atoms with Crippen molar-refractivity contribution < 1.29 is 9.53 Å². The van der Waals surface area contributed by atoms with E-state index in [0.717, 1.165) is 28.2 Å². The molecule has 32 heavy (non-hydrogen) atoms. The van der Waals surface area contributed by atoms with Crippen LogP contribution in [0.1, 0.15) is 32.9 Å². The van der Waals surface area contributed by atoms with Gasteiger partial charge in [0, 0.05) is 30.6 Å². The number of Topliss-reactive ketones (excluding diaryl/α,β-unsaturated/α-hetero) is 1. The van der Waals surface area contributed by atoms with Crippen molar-refractivity contribution >= 4 is 16.8 Å². The van der Waals surface area contributed by atoms with E-state index in [1.165, 1.54) is 17.1 Å². The van der Waals surface area contributed by atoms with Gasteiger partial charge in [-0.25, -0.2) is 9.67 Å². The maximum absolute atomic E-state index is 13.1. The quantitative estimate of drug-likeness (QED) is 0.418. The van der Waals surface area contributed by atoms with Crippen molar-refractivity contribution in [3.8, 4) is 5.69 Å². The van der Waals surface area contributed by atoms with E-state index in [2.05, 4.69) is 20.7 Å². The van der Waals surface area contributed by atoms with Crippen LogP contribution >= 0.6 is 0 Å². The fourth-order valence-electron chi connectivity index (χ4n) is 4.17. The number of aromatic nitrogens is 5. The van der Waals surface area contributed by atoms with Crippen LogP contribution in [0.25, 0.3) is 16.7 Å². The molecule has 3 aromatic heterocycles. The standard InChI is InChI=1S/C24H27N5O3/c1-15-8-16(2)10-19(9-15)29-23-21(12-26-29)24(31)27(14-25-23)13-22(30)20-11-17(3)28(18(20)4)6-7-32-5/h8-12,14H,6-7,13H2,1-5H3. The Morgan fingerprint density at radius 1 is 1.06 bits per heavy atom. The summed E-state index contributed by atoms with van der Waals surface area (Å²) in [5.74, 6) is -0.133. The van der Waals surface area contributed by atoms with Crippen LogP contribution in [0.2, 0.25) is 0 Å². The Morgan fingerprint density at radius 2 is 1.78 bits per heavy atom. The number of ketones is 1. The lowest BCUT2D eigenvalue weighted by Gasteiger charge is -2.09. The summed E-state index contributed by atoms with van der Waals surface area (Å²) in [7, 11) is 1.65. The molecule has 0 atom stereocenters. The van der Waals surface area contributed by atoms with Crippen molar-refractivity contribution in [2.24, 2.45) is 0 Å². The molecule has 8 heteroatoms. The lowest BCUT2D eigenvalue weighted by atomic mass is 10.1. The molecule has 8 nitrogen and oxygen atoms in total. The van der Waals surface area contributed by atoms with Crippen molar-refractivity contribution in [2.75, 3.05) is 13.7 Å². The second-order valence-electron chi connectivity index (χ2n) is 8.17. The van der Waals surface area contributed by atoms with Crippen LogP contribution in [0.3, 0.4) is 0 Å². The van der Waals surface area contributed by atoms with Gasteiger partial charge in [0.15, 0.2) is 11.4 Å². The summed E-state index contributed by atoms with van der Waals surface area (Å²) in [4.78, 5) is 30.5. The van der Waals surface area contributed by atoms with E-state index in [-0.39, 0.29) is 17.9 Å². The van der Waals surface area contributed by atoms with E-state index in [0.29, 0.717) is 29.7 Å². The minimum Gasteiger partial charge on any atom is -0.383 e. The molecule has 4 aromatic rings. The van der Waals surface area contributed by atoms with Gasteiger partial charge in [0.05, 0.1) is 25.0 Å². The number of hydrogen-bond acceptors (Lipinski definition) is 5. The molecule has 0 bridgehead atoms. The number of benzene rings is 1. The molecule has 0 aliphatic carbocycles. The molecule has 0 amide bonds. The lowest BCUT2D eigenvalue weighted by molar-refractivity contribution is 0.0969. The summed E-state index contributed by atoms with van der Waals surface area (Å²) in [6, 6.07) is 7.93. The molecule has 0 aliphatic rings. The number of carbonyl (C=O) groups excluding carboxylic acids is 1. The Morgan fingerprint density at radius 3 is 2.47 bits per heavy atom. The first-order valence-corrected chi connectivity index (χ1v) is 10.5. The summed E-state index contributed by atoms with van der Waals surface area (Å²) < 4.78 is 10.2. The number of methoxy groups -OCH3 is 1. The Labute approximate surface area is 186 Å². The van der Waals surface area contributed by atoms with Gasteiger partial charge < -0.3 is 9.30 Å². The van der Waals surface area contributed by atoms with Crippen LogP contribution in [0.15, 0.2) is 41.6 Å². The molecule has 0 unspecified atom stereocenters. The van der Waals surface area contributed by atoms with Gasteiger partial charge in [-0.05, 0) is 57.0 Å². The average Bonchev–Trinajstić information content (AvgIpc) is 3.29. The number of hydrogen-bond donors (Lipinski definition) is 0. The molecule has 166 valence electrons. The highest BCUT2D eigenvalue weighted by molar-refractivity contribution is 5.97. The summed E-state index contributed by atoms with van der Waals surface area (Å²) in [5, 5.41) is 4.77. The normalized spacial score (nSPS) is 11.4. The van der Waals surface area contributed by atoms with Crippen LogP contribution in [0, 0.1) is 27.7 Å². The van der Waals surface area contributed by atoms with Gasteiger partial charge >= 0.3 is 0 Å². The first-order chi connectivity index (χ1) is 15.3. The van der Waals surface area contributed by atoms with Gasteiger partial charge in [0.1, 0.15) is 11.7 Å². The fraction of sp³-hybridized carbons (Fsp3) is 0.333. The van der Waals surface area contributed by atoms with Crippen molar-refractivity contribution in [3.05, 3.63) is 75.2 Å². The number of fused-ring (bicyclic) bond motifs is 1. The molecule has 0 fully saturated rings. The average molecular weight is 434 g/mol. The highest BCUT2D eigenvalue weighted by Gasteiger charge is 2.18. The van der Waals surface area contributed by atoms with Crippen LogP contribution in [-0.2, 0) is 17.8 Å². The van der Waals surface area contributed by atoms with E-state index in [1.54, 1.807) is 11.8 Å². The second kappa shape index (κ2) is 8.55. The first-order valence-electron chi connectivity index (χ1n) is 10.5. The molecule has 0 aliphatic heterocycles. The Hall–Kier alpha value is -3.52. The molecule has 3 heterocycles. The van der Waals surface area contributed by atoms with Crippen LogP contribution in [-0.4, -0.2) is 43.4 Å². The van der Waals surface area contributed by atoms with Crippen LogP contribution in [0.4, 0.5) is 0 Å². The minimum atomic E-state index is -0.285. The number of rotatable bonds is 7. The predicted octanol–water partition coefficient (Wildman–Crippen LogP) is 3.15. The van der Waals surface area contributed by atoms with Crippen molar-refractivity contribution in [2.45, 2.75) is 40.8 Å². The zero-order valence-corrected chi connectivity index (χ0v) is 19.0. The first kappa shape index (κ1) is 21.7. The predicted molar refractivity (Wildman–Crippen MR) is 123 cm³/mol. The highest BCUT2D eigenvalue weighted by Crippen LogP contribution is 2.18. The SMILES string of the molecule is COCCn1c(C)cc(C(=O)Cn2cnc3c(cnn3-c3cc(C)cc(C)c3)c2=O)c1C. The molecule has 0 saturated carbocycles. The van der Waals surface area contributed by atoms with Gasteiger partial charge in [-0.15, -0.1) is 0 Å². The van der Waals surface area contributed by atoms with E-state index in [4.69, 9.17) is 4.74 Å². The Bertz CT molecular complexity index is 1360.